The van der Waals surface area contributed by atoms with Crippen molar-refractivity contribution in [1.82, 2.24) is 0 Å². The van der Waals surface area contributed by atoms with Crippen molar-refractivity contribution in [3.05, 3.63) is 30.3 Å². The summed E-state index contributed by atoms with van der Waals surface area (Å²) in [4.78, 5) is 21.0. The molecule has 0 aliphatic heterocycles. The van der Waals surface area contributed by atoms with Crippen molar-refractivity contribution < 1.29 is 27.5 Å². The molecule has 0 saturated carbocycles. The Bertz CT molecular complexity index is 370. The van der Waals surface area contributed by atoms with Crippen LogP contribution in [0.15, 0.2) is 30.3 Å². The molecule has 1 aromatic rings. The Kier molecular flexibility index (Phi) is 3.08. The minimum absolute atomic E-state index is 0.111. The Morgan fingerprint density at radius 1 is 1.07 bits per heavy atom. The molecule has 15 heavy (non-hydrogen) atoms. The number of esters is 1. The standard InChI is InChI=1S/C9H5F3O3/c10-9(11,12)7(13)8(14)15-6-4-2-1-3-5-6/h1-5H. The number of benzene rings is 1. The molecule has 6 heteroatoms. The van der Waals surface area contributed by atoms with Crippen LogP contribution in [0.25, 0.3) is 0 Å². The number of hydrogen-bond acceptors (Lipinski definition) is 3. The fraction of sp³-hybridized carbons (Fsp3) is 0.111. The first-order valence-electron chi connectivity index (χ1n) is 3.79. The van der Waals surface area contributed by atoms with Gasteiger partial charge < -0.3 is 4.74 Å². The van der Waals surface area contributed by atoms with Crippen LogP contribution >= 0.6 is 0 Å². The van der Waals surface area contributed by atoms with Crippen molar-refractivity contribution in [2.24, 2.45) is 0 Å². The van der Waals surface area contributed by atoms with E-state index in [-0.39, 0.29) is 5.75 Å². The fourth-order valence-electron chi connectivity index (χ4n) is 0.758. The second-order valence-corrected chi connectivity index (χ2v) is 2.53. The quantitative estimate of drug-likeness (QED) is 0.431. The topological polar surface area (TPSA) is 43.4 Å². The number of carbonyl (C=O) groups is 2. The molecule has 1 rings (SSSR count). The average molecular weight is 218 g/mol. The smallest absolute Gasteiger partial charge is 0.421 e. The monoisotopic (exact) mass is 218 g/mol. The van der Waals surface area contributed by atoms with Gasteiger partial charge in [-0.3, -0.25) is 4.79 Å². The normalized spacial score (nSPS) is 10.9. The number of para-hydroxylation sites is 1. The van der Waals surface area contributed by atoms with Crippen LogP contribution in [0.2, 0.25) is 0 Å². The average Bonchev–Trinajstić information content (AvgIpc) is 2.16. The number of hydrogen-bond donors (Lipinski definition) is 0. The second-order valence-electron chi connectivity index (χ2n) is 2.53. The Labute approximate surface area is 82.5 Å². The summed E-state index contributed by atoms with van der Waals surface area (Å²) in [5.41, 5.74) is 0. The highest BCUT2D eigenvalue weighted by atomic mass is 19.4. The Balaban J connectivity index is 2.69. The largest absolute Gasteiger partial charge is 0.461 e. The van der Waals surface area contributed by atoms with E-state index in [1.54, 1.807) is 6.07 Å². The zero-order valence-corrected chi connectivity index (χ0v) is 7.25. The third-order valence-corrected chi connectivity index (χ3v) is 1.40. The highest BCUT2D eigenvalue weighted by Gasteiger charge is 2.44. The van der Waals surface area contributed by atoms with Crippen LogP contribution in [0.3, 0.4) is 0 Å². The number of halogens is 3. The highest BCUT2D eigenvalue weighted by molar-refractivity contribution is 6.36. The molecular weight excluding hydrogens is 213 g/mol. The lowest BCUT2D eigenvalue weighted by atomic mass is 10.3. The van der Waals surface area contributed by atoms with Crippen LogP contribution in [-0.4, -0.2) is 17.9 Å². The first-order valence-corrected chi connectivity index (χ1v) is 3.79. The molecule has 0 spiro atoms. The summed E-state index contributed by atoms with van der Waals surface area (Å²) < 4.78 is 39.4. The highest BCUT2D eigenvalue weighted by Crippen LogP contribution is 2.18. The van der Waals surface area contributed by atoms with Gasteiger partial charge in [-0.2, -0.15) is 13.2 Å². The van der Waals surface area contributed by atoms with E-state index in [0.717, 1.165) is 0 Å². The zero-order valence-electron chi connectivity index (χ0n) is 7.25. The molecule has 0 N–H and O–H groups in total. The van der Waals surface area contributed by atoms with Crippen molar-refractivity contribution in [3.63, 3.8) is 0 Å². The van der Waals surface area contributed by atoms with E-state index in [1.807, 2.05) is 0 Å². The van der Waals surface area contributed by atoms with E-state index in [4.69, 9.17) is 0 Å². The summed E-state index contributed by atoms with van der Waals surface area (Å²) in [5.74, 6) is -4.57. The van der Waals surface area contributed by atoms with Gasteiger partial charge in [0.25, 0.3) is 0 Å². The van der Waals surface area contributed by atoms with Crippen LogP contribution in [0.1, 0.15) is 0 Å². The number of alkyl halides is 3. The van der Waals surface area contributed by atoms with Gasteiger partial charge in [-0.05, 0) is 12.1 Å². The number of rotatable bonds is 2. The molecule has 3 nitrogen and oxygen atoms in total. The molecular formula is C9H5F3O3. The molecule has 0 saturated heterocycles. The predicted octanol–water partition coefficient (Wildman–Crippen LogP) is 1.72. The van der Waals surface area contributed by atoms with E-state index >= 15 is 0 Å². The van der Waals surface area contributed by atoms with E-state index in [1.165, 1.54) is 24.3 Å². The first-order chi connectivity index (χ1) is 6.91. The van der Waals surface area contributed by atoms with Crippen LogP contribution in [-0.2, 0) is 9.59 Å². The predicted molar refractivity (Wildman–Crippen MR) is 43.1 cm³/mol. The molecule has 1 aromatic carbocycles. The fourth-order valence-corrected chi connectivity index (χ4v) is 0.758. The van der Waals surface area contributed by atoms with E-state index in [9.17, 15) is 22.8 Å². The van der Waals surface area contributed by atoms with Crippen LogP contribution < -0.4 is 4.74 Å². The van der Waals surface area contributed by atoms with Gasteiger partial charge in [0.05, 0.1) is 0 Å². The molecule has 0 atom stereocenters. The van der Waals surface area contributed by atoms with Crippen LogP contribution in [0.4, 0.5) is 13.2 Å². The van der Waals surface area contributed by atoms with Gasteiger partial charge in [-0.15, -0.1) is 0 Å². The van der Waals surface area contributed by atoms with Gasteiger partial charge in [-0.1, -0.05) is 18.2 Å². The maximum absolute atomic E-state index is 11.8. The zero-order chi connectivity index (χ0) is 11.5. The summed E-state index contributed by atoms with van der Waals surface area (Å²) in [6.45, 7) is 0. The lowest BCUT2D eigenvalue weighted by molar-refractivity contribution is -0.179. The second kappa shape index (κ2) is 4.12. The molecule has 0 heterocycles. The van der Waals surface area contributed by atoms with Gasteiger partial charge in [0.2, 0.25) is 0 Å². The number of ether oxygens (including phenoxy) is 1. The Morgan fingerprint density at radius 2 is 1.60 bits per heavy atom. The third kappa shape index (κ3) is 3.08. The maximum Gasteiger partial charge on any atom is 0.461 e. The lowest BCUT2D eigenvalue weighted by Crippen LogP contribution is -2.33. The van der Waals surface area contributed by atoms with Crippen LogP contribution in [0, 0.1) is 0 Å². The van der Waals surface area contributed by atoms with E-state index in [0.29, 0.717) is 0 Å². The van der Waals surface area contributed by atoms with Crippen molar-refractivity contribution in [2.45, 2.75) is 6.18 Å². The molecule has 0 aliphatic rings. The first kappa shape index (κ1) is 11.2. The van der Waals surface area contributed by atoms with Gasteiger partial charge in [0.1, 0.15) is 5.75 Å². The van der Waals surface area contributed by atoms with Crippen LogP contribution in [0.5, 0.6) is 5.75 Å². The number of Topliss-reactive ketones (excluding diaryl/α,β-unsaturated/α-hetero) is 1. The minimum Gasteiger partial charge on any atom is -0.421 e. The van der Waals surface area contributed by atoms with Gasteiger partial charge in [0.15, 0.2) is 0 Å². The third-order valence-electron chi connectivity index (χ3n) is 1.40. The lowest BCUT2D eigenvalue weighted by Gasteiger charge is -2.04. The maximum atomic E-state index is 11.8. The number of carbonyl (C=O) groups excluding carboxylic acids is 2. The molecule has 0 aromatic heterocycles. The van der Waals surface area contributed by atoms with E-state index in [2.05, 4.69) is 4.74 Å². The summed E-state index contributed by atoms with van der Waals surface area (Å²) in [6.07, 6.45) is -5.20. The van der Waals surface area contributed by atoms with Crippen molar-refractivity contribution in [1.29, 1.82) is 0 Å². The van der Waals surface area contributed by atoms with Gasteiger partial charge in [-0.25, -0.2) is 4.79 Å². The van der Waals surface area contributed by atoms with Crippen molar-refractivity contribution in [2.75, 3.05) is 0 Å². The molecule has 0 aliphatic carbocycles. The Hall–Kier alpha value is -1.85. The van der Waals surface area contributed by atoms with Crippen molar-refractivity contribution in [3.8, 4) is 5.75 Å². The summed E-state index contributed by atoms with van der Waals surface area (Å²) in [7, 11) is 0. The SMILES string of the molecule is O=C(Oc1ccccc1)C(=O)C(F)(F)F. The van der Waals surface area contributed by atoms with Gasteiger partial charge in [0, 0.05) is 0 Å². The van der Waals surface area contributed by atoms with Crippen molar-refractivity contribution >= 4 is 11.8 Å². The molecule has 0 fully saturated rings. The summed E-state index contributed by atoms with van der Waals surface area (Å²) in [5, 5.41) is 0. The summed E-state index contributed by atoms with van der Waals surface area (Å²) >= 11 is 0. The molecule has 0 bridgehead atoms. The molecule has 0 radical (unpaired) electrons. The minimum atomic E-state index is -5.20. The number of ketones is 1. The molecule has 0 amide bonds. The molecule has 0 unspecified atom stereocenters. The molecule has 80 valence electrons. The van der Waals surface area contributed by atoms with Gasteiger partial charge >= 0.3 is 17.9 Å². The summed E-state index contributed by atoms with van der Waals surface area (Å²) in [6, 6.07) is 7.04. The van der Waals surface area contributed by atoms with E-state index < -0.39 is 17.9 Å². The Morgan fingerprint density at radius 3 is 2.07 bits per heavy atom.